The number of nitrogens with one attached hydrogen (secondary N) is 2. The predicted molar refractivity (Wildman–Crippen MR) is 83.9 cm³/mol. The molecule has 1 aliphatic rings. The maximum atomic E-state index is 12.7. The van der Waals surface area contributed by atoms with E-state index in [2.05, 4.69) is 10.3 Å². The lowest BCUT2D eigenvalue weighted by atomic mass is 9.91. The number of carbonyl (C=O) groups excluding carboxylic acids is 3. The first kappa shape index (κ1) is 15.5. The number of hydrogen-bond donors (Lipinski definition) is 2. The van der Waals surface area contributed by atoms with E-state index in [4.69, 9.17) is 5.26 Å². The summed E-state index contributed by atoms with van der Waals surface area (Å²) in [5.41, 5.74) is -0.0953. The van der Waals surface area contributed by atoms with Gasteiger partial charge in [0, 0.05) is 6.20 Å². The minimum Gasteiger partial charge on any atom is -0.359 e. The van der Waals surface area contributed by atoms with Gasteiger partial charge in [-0.1, -0.05) is 12.1 Å². The minimum atomic E-state index is -1.31. The van der Waals surface area contributed by atoms with Crippen molar-refractivity contribution < 1.29 is 14.4 Å². The van der Waals surface area contributed by atoms with Crippen molar-refractivity contribution in [1.29, 1.82) is 5.26 Å². The highest BCUT2D eigenvalue weighted by atomic mass is 16.2. The monoisotopic (exact) mass is 322 g/mol. The smallest absolute Gasteiger partial charge is 0.325 e. The Morgan fingerprint density at radius 2 is 2.08 bits per heavy atom. The number of aromatic amines is 1. The number of H-pyrrole nitrogens is 1. The number of hydrogen-bond acceptors (Lipinski definition) is 4. The van der Waals surface area contributed by atoms with Gasteiger partial charge in [0.05, 0.1) is 23.9 Å². The van der Waals surface area contributed by atoms with Crippen LogP contribution in [0.15, 0.2) is 42.6 Å². The summed E-state index contributed by atoms with van der Waals surface area (Å²) in [4.78, 5) is 40.7. The van der Waals surface area contributed by atoms with Gasteiger partial charge in [-0.05, 0) is 36.8 Å². The van der Waals surface area contributed by atoms with Crippen LogP contribution in [-0.4, -0.2) is 34.2 Å². The van der Waals surface area contributed by atoms with Gasteiger partial charge in [0.25, 0.3) is 5.91 Å². The van der Waals surface area contributed by atoms with Crippen LogP contribution in [0.25, 0.3) is 0 Å². The second kappa shape index (κ2) is 5.66. The first-order chi connectivity index (χ1) is 11.5. The molecule has 2 aromatic rings. The van der Waals surface area contributed by atoms with Crippen molar-refractivity contribution in [2.24, 2.45) is 0 Å². The van der Waals surface area contributed by atoms with E-state index >= 15 is 0 Å². The van der Waals surface area contributed by atoms with Crippen LogP contribution in [0.4, 0.5) is 4.79 Å². The molecule has 2 heterocycles. The van der Waals surface area contributed by atoms with Crippen LogP contribution in [-0.2, 0) is 10.3 Å². The largest absolute Gasteiger partial charge is 0.359 e. The second-order valence-electron chi connectivity index (χ2n) is 5.65. The summed E-state index contributed by atoms with van der Waals surface area (Å²) < 4.78 is 0. The lowest BCUT2D eigenvalue weighted by Crippen LogP contribution is -2.41. The molecule has 3 rings (SSSR count). The number of Topliss-reactive ketones (excluding diaryl/α,β-unsaturated/α-hetero) is 1. The minimum absolute atomic E-state index is 0.329. The van der Waals surface area contributed by atoms with E-state index in [-0.39, 0.29) is 12.3 Å². The topological polar surface area (TPSA) is 106 Å². The molecular weight excluding hydrogens is 308 g/mol. The van der Waals surface area contributed by atoms with E-state index in [1.54, 1.807) is 49.5 Å². The number of amides is 3. The Labute approximate surface area is 137 Å². The normalized spacial score (nSPS) is 19.9. The molecule has 0 aliphatic carbocycles. The summed E-state index contributed by atoms with van der Waals surface area (Å²) in [7, 11) is 0. The Kier molecular flexibility index (Phi) is 3.66. The van der Waals surface area contributed by atoms with Gasteiger partial charge in [-0.2, -0.15) is 5.26 Å². The van der Waals surface area contributed by atoms with Crippen LogP contribution >= 0.6 is 0 Å². The lowest BCUT2D eigenvalue weighted by molar-refractivity contribution is -0.130. The third kappa shape index (κ3) is 2.44. The predicted octanol–water partition coefficient (Wildman–Crippen LogP) is 1.54. The van der Waals surface area contributed by atoms with E-state index in [1.807, 2.05) is 6.07 Å². The van der Waals surface area contributed by atoms with Crippen molar-refractivity contribution in [3.8, 4) is 6.07 Å². The maximum absolute atomic E-state index is 12.7. The zero-order valence-electron chi connectivity index (χ0n) is 12.9. The molecule has 1 aromatic carbocycles. The fourth-order valence-corrected chi connectivity index (χ4v) is 2.67. The number of aromatic nitrogens is 1. The van der Waals surface area contributed by atoms with Gasteiger partial charge in [-0.15, -0.1) is 0 Å². The zero-order chi connectivity index (χ0) is 17.3. The van der Waals surface area contributed by atoms with Crippen LogP contribution in [0.2, 0.25) is 0 Å². The van der Waals surface area contributed by atoms with E-state index in [0.29, 0.717) is 16.8 Å². The van der Waals surface area contributed by atoms with Gasteiger partial charge in [0.2, 0.25) is 0 Å². The number of ketones is 1. The second-order valence-corrected chi connectivity index (χ2v) is 5.65. The molecule has 0 bridgehead atoms. The number of rotatable bonds is 4. The van der Waals surface area contributed by atoms with Gasteiger partial charge in [0.1, 0.15) is 5.54 Å². The van der Waals surface area contributed by atoms with Gasteiger partial charge >= 0.3 is 6.03 Å². The van der Waals surface area contributed by atoms with Crippen LogP contribution in [0.3, 0.4) is 0 Å². The molecule has 1 fully saturated rings. The van der Waals surface area contributed by atoms with E-state index in [1.165, 1.54) is 0 Å². The molecule has 1 saturated heterocycles. The molecule has 0 unspecified atom stereocenters. The van der Waals surface area contributed by atoms with Gasteiger partial charge in [0.15, 0.2) is 5.78 Å². The summed E-state index contributed by atoms with van der Waals surface area (Å²) in [6.45, 7) is 1.21. The average Bonchev–Trinajstić information content (AvgIpc) is 3.19. The Balaban J connectivity index is 1.88. The summed E-state index contributed by atoms with van der Waals surface area (Å²) in [6.07, 6.45) is 1.59. The fraction of sp³-hybridized carbons (Fsp3) is 0.176. The SMILES string of the molecule is C[C@@]1(c2cccc(C#N)c2)NC(=O)N(CC(=O)c2ccc[nH]2)C1=O. The zero-order valence-corrected chi connectivity index (χ0v) is 12.9. The van der Waals surface area contributed by atoms with Crippen molar-refractivity contribution in [2.75, 3.05) is 6.54 Å². The Morgan fingerprint density at radius 1 is 1.29 bits per heavy atom. The van der Waals surface area contributed by atoms with E-state index in [9.17, 15) is 14.4 Å². The number of nitriles is 1. The molecule has 120 valence electrons. The third-order valence-electron chi connectivity index (χ3n) is 4.04. The van der Waals surface area contributed by atoms with Crippen molar-refractivity contribution >= 4 is 17.7 Å². The molecule has 7 nitrogen and oxygen atoms in total. The summed E-state index contributed by atoms with van der Waals surface area (Å²) >= 11 is 0. The fourth-order valence-electron chi connectivity index (χ4n) is 2.67. The highest BCUT2D eigenvalue weighted by Crippen LogP contribution is 2.29. The van der Waals surface area contributed by atoms with Gasteiger partial charge in [-0.3, -0.25) is 14.5 Å². The third-order valence-corrected chi connectivity index (χ3v) is 4.04. The summed E-state index contributed by atoms with van der Waals surface area (Å²) in [6, 6.07) is 11.1. The highest BCUT2D eigenvalue weighted by Gasteiger charge is 2.49. The molecular formula is C17H14N4O3. The van der Waals surface area contributed by atoms with Crippen molar-refractivity contribution in [3.05, 3.63) is 59.4 Å². The van der Waals surface area contributed by atoms with Crippen molar-refractivity contribution in [1.82, 2.24) is 15.2 Å². The molecule has 0 radical (unpaired) electrons. The quantitative estimate of drug-likeness (QED) is 0.657. The average molecular weight is 322 g/mol. The molecule has 24 heavy (non-hydrogen) atoms. The van der Waals surface area contributed by atoms with Crippen molar-refractivity contribution in [3.63, 3.8) is 0 Å². The molecule has 1 aliphatic heterocycles. The Bertz CT molecular complexity index is 866. The van der Waals surface area contributed by atoms with Gasteiger partial charge in [-0.25, -0.2) is 4.79 Å². The first-order valence-electron chi connectivity index (χ1n) is 7.27. The summed E-state index contributed by atoms with van der Waals surface area (Å²) in [5, 5.41) is 11.6. The lowest BCUT2D eigenvalue weighted by Gasteiger charge is -2.22. The van der Waals surface area contributed by atoms with E-state index in [0.717, 1.165) is 4.90 Å². The molecule has 1 aromatic heterocycles. The summed E-state index contributed by atoms with van der Waals surface area (Å²) in [5.74, 6) is -0.888. The number of benzene rings is 1. The van der Waals surface area contributed by atoms with Crippen LogP contribution in [0, 0.1) is 11.3 Å². The van der Waals surface area contributed by atoms with Crippen LogP contribution < -0.4 is 5.32 Å². The molecule has 7 heteroatoms. The number of urea groups is 1. The Hall–Kier alpha value is -3.40. The molecule has 0 spiro atoms. The van der Waals surface area contributed by atoms with Crippen LogP contribution in [0.5, 0.6) is 0 Å². The highest BCUT2D eigenvalue weighted by molar-refractivity contribution is 6.11. The van der Waals surface area contributed by atoms with Crippen molar-refractivity contribution in [2.45, 2.75) is 12.5 Å². The molecule has 2 N–H and O–H groups in total. The number of nitrogens with zero attached hydrogens (tertiary/aromatic N) is 2. The van der Waals surface area contributed by atoms with Gasteiger partial charge < -0.3 is 10.3 Å². The first-order valence-corrected chi connectivity index (χ1v) is 7.27. The number of carbonyl (C=O) groups is 3. The maximum Gasteiger partial charge on any atom is 0.325 e. The number of imide groups is 1. The molecule has 3 amide bonds. The Morgan fingerprint density at radius 3 is 2.75 bits per heavy atom. The van der Waals surface area contributed by atoms with Crippen LogP contribution in [0.1, 0.15) is 28.5 Å². The molecule has 1 atom stereocenters. The standard InChI is InChI=1S/C17H14N4O3/c1-17(12-5-2-4-11(8-12)9-18)15(23)21(16(24)20-17)10-14(22)13-6-3-7-19-13/h2-8,19H,10H2,1H3,(H,20,24)/t17-/m0/s1. The molecule has 0 saturated carbocycles. The van der Waals surface area contributed by atoms with E-state index < -0.39 is 17.5 Å².